The van der Waals surface area contributed by atoms with Crippen molar-refractivity contribution in [1.82, 2.24) is 0 Å². The van der Waals surface area contributed by atoms with Crippen molar-refractivity contribution in [3.63, 3.8) is 0 Å². The number of ether oxygens (including phenoxy) is 1. The summed E-state index contributed by atoms with van der Waals surface area (Å²) in [5.41, 5.74) is -0.0738. The molecule has 0 amide bonds. The average molecular weight is 228 g/mol. The molecule has 0 aliphatic rings. The number of ketones is 1. The summed E-state index contributed by atoms with van der Waals surface area (Å²) in [6.07, 6.45) is 2.90. The fourth-order valence-corrected chi connectivity index (χ4v) is 1.61. The lowest BCUT2D eigenvalue weighted by Crippen LogP contribution is -2.28. The average Bonchev–Trinajstić information content (AvgIpc) is 2.15. The zero-order chi connectivity index (χ0) is 12.8. The molecule has 3 nitrogen and oxygen atoms in total. The van der Waals surface area contributed by atoms with Gasteiger partial charge in [0.15, 0.2) is 0 Å². The lowest BCUT2D eigenvalue weighted by atomic mass is 9.84. The van der Waals surface area contributed by atoms with Crippen LogP contribution in [0.25, 0.3) is 0 Å². The minimum absolute atomic E-state index is 0.00722. The zero-order valence-corrected chi connectivity index (χ0v) is 11.1. The highest BCUT2D eigenvalue weighted by atomic mass is 16.5. The maximum Gasteiger partial charge on any atom is 0.316 e. The van der Waals surface area contributed by atoms with E-state index >= 15 is 0 Å². The molecule has 0 aromatic heterocycles. The Labute approximate surface area is 98.6 Å². The van der Waals surface area contributed by atoms with Crippen molar-refractivity contribution in [2.24, 2.45) is 11.3 Å². The summed E-state index contributed by atoms with van der Waals surface area (Å²) >= 11 is 0. The molecule has 16 heavy (non-hydrogen) atoms. The fourth-order valence-electron chi connectivity index (χ4n) is 1.61. The summed E-state index contributed by atoms with van der Waals surface area (Å²) in [5.74, 6) is -0.945. The molecule has 0 aliphatic heterocycles. The van der Waals surface area contributed by atoms with Gasteiger partial charge >= 0.3 is 5.97 Å². The standard InChI is InChI=1S/C13H24O3/c1-6-7-8-10(12(15)16-5)11(14)9-13(2,3)4/h10H,6-9H2,1-5H3. The van der Waals surface area contributed by atoms with Gasteiger partial charge in [0.25, 0.3) is 0 Å². The quantitative estimate of drug-likeness (QED) is 0.518. The van der Waals surface area contributed by atoms with Crippen LogP contribution in [0.15, 0.2) is 0 Å². The molecule has 0 rings (SSSR count). The Morgan fingerprint density at radius 1 is 1.25 bits per heavy atom. The fraction of sp³-hybridized carbons (Fsp3) is 0.846. The Hall–Kier alpha value is -0.860. The predicted octanol–water partition coefficient (Wildman–Crippen LogP) is 2.97. The molecule has 0 aromatic carbocycles. The molecule has 0 fully saturated rings. The van der Waals surface area contributed by atoms with E-state index in [-0.39, 0.29) is 17.2 Å². The van der Waals surface area contributed by atoms with Crippen molar-refractivity contribution in [2.45, 2.75) is 53.4 Å². The molecule has 0 N–H and O–H groups in total. The summed E-state index contributed by atoms with van der Waals surface area (Å²) < 4.78 is 4.69. The van der Waals surface area contributed by atoms with E-state index in [2.05, 4.69) is 4.74 Å². The maximum absolute atomic E-state index is 12.0. The molecule has 1 unspecified atom stereocenters. The number of esters is 1. The molecular weight excluding hydrogens is 204 g/mol. The molecule has 0 aromatic rings. The van der Waals surface area contributed by atoms with Crippen molar-refractivity contribution < 1.29 is 14.3 Å². The third-order valence-electron chi connectivity index (χ3n) is 2.43. The molecule has 0 bridgehead atoms. The van der Waals surface area contributed by atoms with Gasteiger partial charge in [-0.2, -0.15) is 0 Å². The van der Waals surface area contributed by atoms with Crippen LogP contribution in [0.4, 0.5) is 0 Å². The third-order valence-corrected chi connectivity index (χ3v) is 2.43. The number of carbonyl (C=O) groups is 2. The van der Waals surface area contributed by atoms with Gasteiger partial charge in [0, 0.05) is 6.42 Å². The van der Waals surface area contributed by atoms with Crippen LogP contribution in [0.1, 0.15) is 53.4 Å². The topological polar surface area (TPSA) is 43.4 Å². The number of methoxy groups -OCH3 is 1. The molecular formula is C13H24O3. The van der Waals surface area contributed by atoms with E-state index in [1.54, 1.807) is 0 Å². The number of Topliss-reactive ketones (excluding diaryl/α,β-unsaturated/α-hetero) is 1. The lowest BCUT2D eigenvalue weighted by Gasteiger charge is -2.20. The minimum Gasteiger partial charge on any atom is -0.468 e. The maximum atomic E-state index is 12.0. The van der Waals surface area contributed by atoms with Gasteiger partial charge in [-0.15, -0.1) is 0 Å². The molecule has 94 valence electrons. The van der Waals surface area contributed by atoms with Gasteiger partial charge < -0.3 is 4.74 Å². The molecule has 0 saturated carbocycles. The smallest absolute Gasteiger partial charge is 0.316 e. The summed E-state index contributed by atoms with van der Waals surface area (Å²) in [6, 6.07) is 0. The molecule has 0 spiro atoms. The van der Waals surface area contributed by atoms with Gasteiger partial charge in [0.2, 0.25) is 0 Å². The predicted molar refractivity (Wildman–Crippen MR) is 64.1 cm³/mol. The van der Waals surface area contributed by atoms with Gasteiger partial charge in [-0.1, -0.05) is 40.5 Å². The molecule has 0 heterocycles. The van der Waals surface area contributed by atoms with E-state index in [4.69, 9.17) is 0 Å². The second kappa shape index (κ2) is 6.66. The lowest BCUT2D eigenvalue weighted by molar-refractivity contribution is -0.150. The Kier molecular flexibility index (Phi) is 6.31. The van der Waals surface area contributed by atoms with Gasteiger partial charge in [-0.3, -0.25) is 9.59 Å². The Morgan fingerprint density at radius 2 is 1.81 bits per heavy atom. The van der Waals surface area contributed by atoms with Gasteiger partial charge in [-0.05, 0) is 11.8 Å². The first-order valence-corrected chi connectivity index (χ1v) is 5.92. The summed E-state index contributed by atoms with van der Waals surface area (Å²) in [7, 11) is 1.34. The Balaban J connectivity index is 4.50. The van der Waals surface area contributed by atoms with Crippen molar-refractivity contribution >= 4 is 11.8 Å². The number of hydrogen-bond acceptors (Lipinski definition) is 3. The molecule has 0 saturated heterocycles. The Morgan fingerprint density at radius 3 is 2.19 bits per heavy atom. The SMILES string of the molecule is CCCCC(C(=O)CC(C)(C)C)C(=O)OC. The van der Waals surface area contributed by atoms with Gasteiger partial charge in [0.05, 0.1) is 7.11 Å². The highest BCUT2D eigenvalue weighted by Crippen LogP contribution is 2.23. The van der Waals surface area contributed by atoms with Crippen LogP contribution in [0.5, 0.6) is 0 Å². The summed E-state index contributed by atoms with van der Waals surface area (Å²) in [4.78, 5) is 23.5. The van der Waals surface area contributed by atoms with E-state index in [0.29, 0.717) is 12.8 Å². The van der Waals surface area contributed by atoms with Crippen LogP contribution >= 0.6 is 0 Å². The van der Waals surface area contributed by atoms with E-state index in [1.807, 2.05) is 27.7 Å². The molecule has 3 heteroatoms. The van der Waals surface area contributed by atoms with Crippen molar-refractivity contribution in [1.29, 1.82) is 0 Å². The largest absolute Gasteiger partial charge is 0.468 e. The first kappa shape index (κ1) is 15.1. The number of hydrogen-bond donors (Lipinski definition) is 0. The molecule has 0 aliphatic carbocycles. The highest BCUT2D eigenvalue weighted by Gasteiger charge is 2.29. The molecule has 0 radical (unpaired) electrons. The van der Waals surface area contributed by atoms with E-state index in [0.717, 1.165) is 12.8 Å². The minimum atomic E-state index is -0.566. The second-order valence-corrected chi connectivity index (χ2v) is 5.42. The summed E-state index contributed by atoms with van der Waals surface area (Å²) in [5, 5.41) is 0. The van der Waals surface area contributed by atoms with Crippen molar-refractivity contribution in [3.8, 4) is 0 Å². The van der Waals surface area contributed by atoms with E-state index < -0.39 is 5.92 Å². The van der Waals surface area contributed by atoms with Crippen LogP contribution in [-0.2, 0) is 14.3 Å². The first-order chi connectivity index (χ1) is 7.31. The van der Waals surface area contributed by atoms with Crippen LogP contribution in [0.2, 0.25) is 0 Å². The molecule has 1 atom stereocenters. The van der Waals surface area contributed by atoms with Crippen LogP contribution < -0.4 is 0 Å². The van der Waals surface area contributed by atoms with Crippen molar-refractivity contribution in [2.75, 3.05) is 7.11 Å². The highest BCUT2D eigenvalue weighted by molar-refractivity contribution is 5.99. The zero-order valence-electron chi connectivity index (χ0n) is 11.1. The summed E-state index contributed by atoms with van der Waals surface area (Å²) in [6.45, 7) is 8.04. The number of unbranched alkanes of at least 4 members (excludes halogenated alkanes) is 1. The van der Waals surface area contributed by atoms with Crippen LogP contribution in [-0.4, -0.2) is 18.9 Å². The van der Waals surface area contributed by atoms with E-state index in [9.17, 15) is 9.59 Å². The van der Waals surface area contributed by atoms with Gasteiger partial charge in [-0.25, -0.2) is 0 Å². The number of carbonyl (C=O) groups excluding carboxylic acids is 2. The normalized spacial score (nSPS) is 13.3. The van der Waals surface area contributed by atoms with Crippen LogP contribution in [0.3, 0.4) is 0 Å². The van der Waals surface area contributed by atoms with Gasteiger partial charge in [0.1, 0.15) is 11.7 Å². The number of rotatable bonds is 6. The second-order valence-electron chi connectivity index (χ2n) is 5.42. The third kappa shape index (κ3) is 5.89. The first-order valence-electron chi connectivity index (χ1n) is 5.92. The van der Waals surface area contributed by atoms with Crippen molar-refractivity contribution in [3.05, 3.63) is 0 Å². The monoisotopic (exact) mass is 228 g/mol. The Bertz CT molecular complexity index is 238. The van der Waals surface area contributed by atoms with Crippen LogP contribution in [0, 0.1) is 11.3 Å². The van der Waals surface area contributed by atoms with E-state index in [1.165, 1.54) is 7.11 Å².